The van der Waals surface area contributed by atoms with Crippen molar-refractivity contribution in [1.82, 2.24) is 19.7 Å². The minimum Gasteiger partial charge on any atom is -0.370 e. The maximum absolute atomic E-state index is 4.45. The zero-order chi connectivity index (χ0) is 14.2. The van der Waals surface area contributed by atoms with Gasteiger partial charge in [0.1, 0.15) is 11.6 Å². The highest BCUT2D eigenvalue weighted by molar-refractivity contribution is 7.98. The van der Waals surface area contributed by atoms with Gasteiger partial charge in [-0.05, 0) is 25.7 Å². The molecule has 0 radical (unpaired) electrons. The van der Waals surface area contributed by atoms with Crippen molar-refractivity contribution in [2.45, 2.75) is 25.0 Å². The minimum absolute atomic E-state index is 0.776. The molecule has 0 saturated heterocycles. The number of rotatable bonds is 8. The summed E-state index contributed by atoms with van der Waals surface area (Å²) >= 11 is 1.54. The highest BCUT2D eigenvalue weighted by Crippen LogP contribution is 2.17. The summed E-state index contributed by atoms with van der Waals surface area (Å²) in [4.78, 5) is 8.84. The molecular weight excluding hydrogens is 272 g/mol. The average Bonchev–Trinajstić information content (AvgIpc) is 2.97. The SMILES string of the molecule is CCNc1cc(NCCCn2cccn2)nc(SC)n1. The smallest absolute Gasteiger partial charge is 0.191 e. The summed E-state index contributed by atoms with van der Waals surface area (Å²) in [6.45, 7) is 4.67. The summed E-state index contributed by atoms with van der Waals surface area (Å²) < 4.78 is 1.93. The Kier molecular flexibility index (Phi) is 5.67. The van der Waals surface area contributed by atoms with Gasteiger partial charge in [-0.2, -0.15) is 5.10 Å². The Morgan fingerprint density at radius 3 is 2.70 bits per heavy atom. The first kappa shape index (κ1) is 14.6. The zero-order valence-electron chi connectivity index (χ0n) is 11.8. The van der Waals surface area contributed by atoms with Crippen LogP contribution in [0.1, 0.15) is 13.3 Å². The van der Waals surface area contributed by atoms with Gasteiger partial charge < -0.3 is 10.6 Å². The van der Waals surface area contributed by atoms with E-state index in [0.717, 1.165) is 42.8 Å². The highest BCUT2D eigenvalue weighted by atomic mass is 32.2. The van der Waals surface area contributed by atoms with Crippen molar-refractivity contribution in [3.05, 3.63) is 24.5 Å². The normalized spacial score (nSPS) is 10.5. The summed E-state index contributed by atoms with van der Waals surface area (Å²) in [5, 5.41) is 11.5. The van der Waals surface area contributed by atoms with E-state index in [4.69, 9.17) is 0 Å². The number of thioether (sulfide) groups is 1. The average molecular weight is 292 g/mol. The lowest BCUT2D eigenvalue weighted by molar-refractivity contribution is 0.591. The van der Waals surface area contributed by atoms with Crippen molar-refractivity contribution in [3.8, 4) is 0 Å². The van der Waals surface area contributed by atoms with Crippen molar-refractivity contribution in [1.29, 1.82) is 0 Å². The van der Waals surface area contributed by atoms with Gasteiger partial charge in [-0.25, -0.2) is 9.97 Å². The summed E-state index contributed by atoms with van der Waals surface area (Å²) in [6, 6.07) is 3.88. The number of hydrogen-bond acceptors (Lipinski definition) is 6. The van der Waals surface area contributed by atoms with E-state index in [1.807, 2.05) is 29.3 Å². The second-order valence-corrected chi connectivity index (χ2v) is 4.98. The molecular formula is C13H20N6S. The fourth-order valence-corrected chi connectivity index (χ4v) is 2.15. The van der Waals surface area contributed by atoms with Crippen molar-refractivity contribution in [2.75, 3.05) is 30.0 Å². The summed E-state index contributed by atoms with van der Waals surface area (Å²) in [6.07, 6.45) is 6.74. The predicted octanol–water partition coefficient (Wildman–Crippen LogP) is 2.33. The van der Waals surface area contributed by atoms with Crippen LogP contribution in [0, 0.1) is 0 Å². The van der Waals surface area contributed by atoms with E-state index < -0.39 is 0 Å². The summed E-state index contributed by atoms with van der Waals surface area (Å²) in [5.74, 6) is 1.72. The van der Waals surface area contributed by atoms with E-state index >= 15 is 0 Å². The van der Waals surface area contributed by atoms with Gasteiger partial charge in [0, 0.05) is 38.1 Å². The van der Waals surface area contributed by atoms with Crippen LogP contribution in [0.15, 0.2) is 29.7 Å². The molecule has 0 atom stereocenters. The van der Waals surface area contributed by atoms with Gasteiger partial charge in [0.25, 0.3) is 0 Å². The lowest BCUT2D eigenvalue weighted by Gasteiger charge is -2.09. The van der Waals surface area contributed by atoms with Crippen LogP contribution in [0.3, 0.4) is 0 Å². The second kappa shape index (κ2) is 7.74. The van der Waals surface area contributed by atoms with Gasteiger partial charge >= 0.3 is 0 Å². The molecule has 2 aromatic rings. The maximum Gasteiger partial charge on any atom is 0.191 e. The Morgan fingerprint density at radius 2 is 2.05 bits per heavy atom. The highest BCUT2D eigenvalue weighted by Gasteiger charge is 2.03. The minimum atomic E-state index is 0.776. The molecule has 0 aliphatic carbocycles. The largest absolute Gasteiger partial charge is 0.370 e. The third-order valence-electron chi connectivity index (χ3n) is 2.68. The van der Waals surface area contributed by atoms with E-state index in [1.165, 1.54) is 0 Å². The molecule has 0 aromatic carbocycles. The summed E-state index contributed by atoms with van der Waals surface area (Å²) in [5.41, 5.74) is 0. The van der Waals surface area contributed by atoms with Crippen molar-refractivity contribution in [2.24, 2.45) is 0 Å². The van der Waals surface area contributed by atoms with Crippen LogP contribution in [-0.2, 0) is 6.54 Å². The molecule has 2 rings (SSSR count). The van der Waals surface area contributed by atoms with Gasteiger partial charge in [0.2, 0.25) is 0 Å². The molecule has 0 saturated carbocycles. The number of nitrogens with one attached hydrogen (secondary N) is 2. The van der Waals surface area contributed by atoms with Crippen LogP contribution in [0.2, 0.25) is 0 Å². The molecule has 2 heterocycles. The number of hydrogen-bond donors (Lipinski definition) is 2. The lowest BCUT2D eigenvalue weighted by Crippen LogP contribution is -2.09. The Morgan fingerprint density at radius 1 is 1.25 bits per heavy atom. The van der Waals surface area contributed by atoms with Crippen LogP contribution >= 0.6 is 11.8 Å². The molecule has 0 unspecified atom stereocenters. The third-order valence-corrected chi connectivity index (χ3v) is 3.22. The molecule has 0 spiro atoms. The molecule has 0 fully saturated rings. The molecule has 2 aromatic heterocycles. The van der Waals surface area contributed by atoms with Crippen molar-refractivity contribution in [3.63, 3.8) is 0 Å². The van der Waals surface area contributed by atoms with E-state index in [9.17, 15) is 0 Å². The van der Waals surface area contributed by atoms with E-state index in [0.29, 0.717) is 0 Å². The van der Waals surface area contributed by atoms with E-state index in [2.05, 4.69) is 32.6 Å². The fraction of sp³-hybridized carbons (Fsp3) is 0.462. The number of aromatic nitrogens is 4. The van der Waals surface area contributed by atoms with Gasteiger partial charge in [0.15, 0.2) is 5.16 Å². The Labute approximate surface area is 123 Å². The van der Waals surface area contributed by atoms with Crippen LogP contribution in [0.25, 0.3) is 0 Å². The third kappa shape index (κ3) is 4.41. The van der Waals surface area contributed by atoms with Gasteiger partial charge in [0.05, 0.1) is 0 Å². The van der Waals surface area contributed by atoms with Crippen LogP contribution in [0.5, 0.6) is 0 Å². The molecule has 6 nitrogen and oxygen atoms in total. The van der Waals surface area contributed by atoms with Crippen molar-refractivity contribution >= 4 is 23.4 Å². The molecule has 0 aliphatic rings. The number of nitrogens with zero attached hydrogens (tertiary/aromatic N) is 4. The maximum atomic E-state index is 4.45. The second-order valence-electron chi connectivity index (χ2n) is 4.20. The van der Waals surface area contributed by atoms with E-state index in [1.54, 1.807) is 18.0 Å². The number of anilines is 2. The molecule has 20 heavy (non-hydrogen) atoms. The topological polar surface area (TPSA) is 67.7 Å². The quantitative estimate of drug-likeness (QED) is 0.442. The van der Waals surface area contributed by atoms with Gasteiger partial charge in [-0.15, -0.1) is 0 Å². The lowest BCUT2D eigenvalue weighted by atomic mass is 10.4. The fourth-order valence-electron chi connectivity index (χ4n) is 1.77. The molecule has 0 aliphatic heterocycles. The van der Waals surface area contributed by atoms with Crippen LogP contribution < -0.4 is 10.6 Å². The Balaban J connectivity index is 1.86. The standard InChI is InChI=1S/C13H20N6S/c1-3-14-11-10-12(18-13(17-11)20-2)15-6-4-8-19-9-5-7-16-19/h5,7,9-10H,3-4,6,8H2,1-2H3,(H2,14,15,17,18). The van der Waals surface area contributed by atoms with Gasteiger partial charge in [-0.1, -0.05) is 11.8 Å². The summed E-state index contributed by atoms with van der Waals surface area (Å²) in [7, 11) is 0. The molecule has 7 heteroatoms. The van der Waals surface area contributed by atoms with Gasteiger partial charge in [-0.3, -0.25) is 4.68 Å². The Hall–Kier alpha value is -1.76. The first-order valence-electron chi connectivity index (χ1n) is 6.70. The number of aryl methyl sites for hydroxylation is 1. The monoisotopic (exact) mass is 292 g/mol. The van der Waals surface area contributed by atoms with Crippen LogP contribution in [0.4, 0.5) is 11.6 Å². The van der Waals surface area contributed by atoms with Crippen LogP contribution in [-0.4, -0.2) is 39.1 Å². The first-order chi connectivity index (χ1) is 9.81. The first-order valence-corrected chi connectivity index (χ1v) is 7.92. The molecule has 2 N–H and O–H groups in total. The predicted molar refractivity (Wildman–Crippen MR) is 83.3 cm³/mol. The zero-order valence-corrected chi connectivity index (χ0v) is 12.7. The van der Waals surface area contributed by atoms with E-state index in [-0.39, 0.29) is 0 Å². The molecule has 0 amide bonds. The Bertz CT molecular complexity index is 514. The molecule has 0 bridgehead atoms. The molecule has 108 valence electrons. The van der Waals surface area contributed by atoms with Crippen molar-refractivity contribution < 1.29 is 0 Å².